The summed E-state index contributed by atoms with van der Waals surface area (Å²) in [6.45, 7) is 4.03. The summed E-state index contributed by atoms with van der Waals surface area (Å²) in [4.78, 5) is 9.16. The van der Waals surface area contributed by atoms with Gasteiger partial charge in [-0.2, -0.15) is 0 Å². The lowest BCUT2D eigenvalue weighted by Gasteiger charge is -2.03. The highest BCUT2D eigenvalue weighted by atomic mass is 32.2. The number of rotatable bonds is 3. The zero-order valence-corrected chi connectivity index (χ0v) is 13.9. The molecule has 4 heteroatoms. The molecular formula is C19H16N2OS. The van der Waals surface area contributed by atoms with Crippen LogP contribution in [0.1, 0.15) is 17.0 Å². The summed E-state index contributed by atoms with van der Waals surface area (Å²) in [5, 5.41) is 1.95. The van der Waals surface area contributed by atoms with Crippen molar-refractivity contribution in [3.63, 3.8) is 0 Å². The van der Waals surface area contributed by atoms with Crippen LogP contribution in [0.25, 0.3) is 22.1 Å². The first kappa shape index (κ1) is 14.3. The van der Waals surface area contributed by atoms with Crippen LogP contribution in [0.5, 0.6) is 0 Å². The van der Waals surface area contributed by atoms with Crippen molar-refractivity contribution in [2.24, 2.45) is 0 Å². The lowest BCUT2D eigenvalue weighted by Crippen LogP contribution is -1.91. The van der Waals surface area contributed by atoms with Gasteiger partial charge in [0.25, 0.3) is 0 Å². The second kappa shape index (κ2) is 5.70. The Kier molecular flexibility index (Phi) is 3.54. The Balaban J connectivity index is 1.75. The Labute approximate surface area is 138 Å². The predicted octanol–water partition coefficient (Wildman–Crippen LogP) is 5.29. The zero-order chi connectivity index (χ0) is 15.8. The largest absolute Gasteiger partial charge is 0.451 e. The maximum Gasteiger partial charge on any atom is 0.186 e. The third-order valence-corrected chi connectivity index (χ3v) is 4.82. The van der Waals surface area contributed by atoms with Crippen LogP contribution >= 0.6 is 11.8 Å². The average molecular weight is 320 g/mol. The number of thioether (sulfide) groups is 1. The SMILES string of the molecule is Cc1ccc(CSc2nc(C)nc3c2oc2ccccc23)cc1. The van der Waals surface area contributed by atoms with Gasteiger partial charge in [-0.3, -0.25) is 0 Å². The van der Waals surface area contributed by atoms with E-state index >= 15 is 0 Å². The van der Waals surface area contributed by atoms with Gasteiger partial charge in [-0.25, -0.2) is 9.97 Å². The minimum atomic E-state index is 0.774. The van der Waals surface area contributed by atoms with Crippen LogP contribution in [0.3, 0.4) is 0 Å². The molecule has 2 aromatic heterocycles. The van der Waals surface area contributed by atoms with Crippen LogP contribution in [0.15, 0.2) is 58.0 Å². The molecule has 114 valence electrons. The quantitative estimate of drug-likeness (QED) is 0.380. The van der Waals surface area contributed by atoms with E-state index in [1.807, 2.05) is 31.2 Å². The molecule has 0 saturated carbocycles. The van der Waals surface area contributed by atoms with E-state index in [1.54, 1.807) is 11.8 Å². The fraction of sp³-hybridized carbons (Fsp3) is 0.158. The molecule has 23 heavy (non-hydrogen) atoms. The van der Waals surface area contributed by atoms with Crippen molar-refractivity contribution < 1.29 is 4.42 Å². The number of para-hydroxylation sites is 1. The number of nitrogens with zero attached hydrogens (tertiary/aromatic N) is 2. The van der Waals surface area contributed by atoms with Crippen molar-refractivity contribution in [2.75, 3.05) is 0 Å². The second-order valence-electron chi connectivity index (χ2n) is 5.63. The van der Waals surface area contributed by atoms with Crippen molar-refractivity contribution >= 4 is 33.8 Å². The maximum atomic E-state index is 6.00. The number of benzene rings is 2. The Morgan fingerprint density at radius 2 is 1.74 bits per heavy atom. The van der Waals surface area contributed by atoms with Gasteiger partial charge in [0.1, 0.15) is 22.0 Å². The fourth-order valence-electron chi connectivity index (χ4n) is 2.61. The molecule has 4 rings (SSSR count). The number of hydrogen-bond donors (Lipinski definition) is 0. The molecule has 0 aliphatic heterocycles. The van der Waals surface area contributed by atoms with Gasteiger partial charge in [0.2, 0.25) is 0 Å². The number of furan rings is 1. The second-order valence-corrected chi connectivity index (χ2v) is 6.59. The Hall–Kier alpha value is -2.33. The lowest BCUT2D eigenvalue weighted by molar-refractivity contribution is 0.652. The van der Waals surface area contributed by atoms with Crippen LogP contribution in [0.4, 0.5) is 0 Å². The molecule has 0 radical (unpaired) electrons. The van der Waals surface area contributed by atoms with Crippen LogP contribution in [-0.4, -0.2) is 9.97 Å². The molecule has 0 N–H and O–H groups in total. The summed E-state index contributed by atoms with van der Waals surface area (Å²) >= 11 is 1.69. The number of aromatic nitrogens is 2. The summed E-state index contributed by atoms with van der Waals surface area (Å²) in [6.07, 6.45) is 0. The monoisotopic (exact) mass is 320 g/mol. The van der Waals surface area contributed by atoms with E-state index in [1.165, 1.54) is 11.1 Å². The Morgan fingerprint density at radius 3 is 2.57 bits per heavy atom. The van der Waals surface area contributed by atoms with Crippen LogP contribution in [-0.2, 0) is 5.75 Å². The first-order chi connectivity index (χ1) is 11.2. The van der Waals surface area contributed by atoms with Crippen molar-refractivity contribution in [3.05, 3.63) is 65.5 Å². The molecule has 4 aromatic rings. The summed E-state index contributed by atoms with van der Waals surface area (Å²) in [5.74, 6) is 1.64. The smallest absolute Gasteiger partial charge is 0.186 e. The van der Waals surface area contributed by atoms with Gasteiger partial charge in [0.15, 0.2) is 5.58 Å². The first-order valence-corrected chi connectivity index (χ1v) is 8.53. The molecule has 0 spiro atoms. The number of fused-ring (bicyclic) bond motifs is 3. The number of hydrogen-bond acceptors (Lipinski definition) is 4. The molecule has 2 heterocycles. The van der Waals surface area contributed by atoms with E-state index < -0.39 is 0 Å². The third kappa shape index (κ3) is 2.70. The van der Waals surface area contributed by atoms with E-state index in [2.05, 4.69) is 41.2 Å². The van der Waals surface area contributed by atoms with Crippen LogP contribution < -0.4 is 0 Å². The highest BCUT2D eigenvalue weighted by Gasteiger charge is 2.14. The summed E-state index contributed by atoms with van der Waals surface area (Å²) in [5.41, 5.74) is 5.10. The molecule has 0 aliphatic rings. The zero-order valence-electron chi connectivity index (χ0n) is 13.0. The van der Waals surface area contributed by atoms with Crippen LogP contribution in [0, 0.1) is 13.8 Å². The van der Waals surface area contributed by atoms with E-state index in [-0.39, 0.29) is 0 Å². The molecule has 0 atom stereocenters. The molecule has 0 saturated heterocycles. The highest BCUT2D eigenvalue weighted by molar-refractivity contribution is 7.98. The minimum Gasteiger partial charge on any atom is -0.451 e. The van der Waals surface area contributed by atoms with E-state index in [0.29, 0.717) is 0 Å². The Bertz CT molecular complexity index is 990. The molecule has 0 bridgehead atoms. The van der Waals surface area contributed by atoms with Crippen LogP contribution in [0.2, 0.25) is 0 Å². The van der Waals surface area contributed by atoms with Gasteiger partial charge < -0.3 is 4.42 Å². The van der Waals surface area contributed by atoms with E-state index in [0.717, 1.165) is 38.7 Å². The number of aryl methyl sites for hydroxylation is 2. The van der Waals surface area contributed by atoms with Crippen molar-refractivity contribution in [3.8, 4) is 0 Å². The topological polar surface area (TPSA) is 38.9 Å². The molecule has 2 aromatic carbocycles. The average Bonchev–Trinajstić information content (AvgIpc) is 2.93. The summed E-state index contributed by atoms with van der Waals surface area (Å²) in [6, 6.07) is 16.6. The molecule has 0 aliphatic carbocycles. The van der Waals surface area contributed by atoms with Crippen molar-refractivity contribution in [2.45, 2.75) is 24.6 Å². The van der Waals surface area contributed by atoms with Gasteiger partial charge in [-0.15, -0.1) is 0 Å². The van der Waals surface area contributed by atoms with Crippen molar-refractivity contribution in [1.29, 1.82) is 0 Å². The van der Waals surface area contributed by atoms with Gasteiger partial charge >= 0.3 is 0 Å². The van der Waals surface area contributed by atoms with E-state index in [4.69, 9.17) is 4.42 Å². The van der Waals surface area contributed by atoms with E-state index in [9.17, 15) is 0 Å². The van der Waals surface area contributed by atoms with Gasteiger partial charge in [0, 0.05) is 11.1 Å². The van der Waals surface area contributed by atoms with Gasteiger partial charge in [0.05, 0.1) is 0 Å². The maximum absolute atomic E-state index is 6.00. The Morgan fingerprint density at radius 1 is 0.957 bits per heavy atom. The molecule has 0 fully saturated rings. The summed E-state index contributed by atoms with van der Waals surface area (Å²) < 4.78 is 6.00. The minimum absolute atomic E-state index is 0.774. The highest BCUT2D eigenvalue weighted by Crippen LogP contribution is 2.34. The normalized spacial score (nSPS) is 11.4. The molecular weight excluding hydrogens is 304 g/mol. The molecule has 0 unspecified atom stereocenters. The van der Waals surface area contributed by atoms with Crippen molar-refractivity contribution in [1.82, 2.24) is 9.97 Å². The molecule has 3 nitrogen and oxygen atoms in total. The molecule has 0 amide bonds. The first-order valence-electron chi connectivity index (χ1n) is 7.55. The predicted molar refractivity (Wildman–Crippen MR) is 94.8 cm³/mol. The lowest BCUT2D eigenvalue weighted by atomic mass is 10.2. The standard InChI is InChI=1S/C19H16N2OS/c1-12-7-9-14(10-8-12)11-23-19-18-17(20-13(2)21-19)15-5-3-4-6-16(15)22-18/h3-10H,11H2,1-2H3. The third-order valence-electron chi connectivity index (χ3n) is 3.80. The van der Waals surface area contributed by atoms with Gasteiger partial charge in [-0.05, 0) is 31.5 Å². The fourth-order valence-corrected chi connectivity index (χ4v) is 3.57. The summed E-state index contributed by atoms with van der Waals surface area (Å²) in [7, 11) is 0. The van der Waals surface area contributed by atoms with Gasteiger partial charge in [-0.1, -0.05) is 53.7 Å².